The van der Waals surface area contributed by atoms with E-state index in [1.165, 1.54) is 19.3 Å². The normalized spacial score (nSPS) is 13.8. The van der Waals surface area contributed by atoms with E-state index in [0.717, 1.165) is 64.2 Å². The van der Waals surface area contributed by atoms with Crippen LogP contribution >= 0.6 is 0 Å². The Morgan fingerprint density at radius 1 is 0.714 bits per heavy atom. The monoisotopic (exact) mass is 568 g/mol. The summed E-state index contributed by atoms with van der Waals surface area (Å²) in [5.74, 6) is -4.73. The zero-order valence-electron chi connectivity index (χ0n) is 22.8. The van der Waals surface area contributed by atoms with Crippen LogP contribution in [0.25, 0.3) is 0 Å². The second kappa shape index (κ2) is 25.1. The second-order valence-corrected chi connectivity index (χ2v) is 11.1. The SMILES string of the molecule is CCCCCCCCCCC(CC(=O)[O-])C(CCCCCCCCCC)(C(=O)[O-])S(=O)(=O)O.[K+].[K+]. The molecule has 0 aromatic rings. The molecule has 0 fully saturated rings. The van der Waals surface area contributed by atoms with E-state index in [1.54, 1.807) is 0 Å². The van der Waals surface area contributed by atoms with Gasteiger partial charge < -0.3 is 19.8 Å². The van der Waals surface area contributed by atoms with E-state index in [2.05, 4.69) is 13.8 Å². The largest absolute Gasteiger partial charge is 1.00 e. The van der Waals surface area contributed by atoms with E-state index < -0.39 is 39.1 Å². The summed E-state index contributed by atoms with van der Waals surface area (Å²) in [6.45, 7) is 4.27. The van der Waals surface area contributed by atoms with Crippen molar-refractivity contribution in [2.24, 2.45) is 5.92 Å². The van der Waals surface area contributed by atoms with Crippen molar-refractivity contribution in [2.75, 3.05) is 0 Å². The Labute approximate surface area is 299 Å². The van der Waals surface area contributed by atoms with E-state index in [1.807, 2.05) is 0 Å². The Bertz CT molecular complexity index is 644. The second-order valence-electron chi connectivity index (χ2n) is 9.41. The Morgan fingerprint density at radius 2 is 1.09 bits per heavy atom. The maximum Gasteiger partial charge on any atom is 1.00 e. The van der Waals surface area contributed by atoms with Crippen molar-refractivity contribution >= 4 is 22.1 Å². The van der Waals surface area contributed by atoms with E-state index in [0.29, 0.717) is 12.8 Å². The fourth-order valence-corrected chi connectivity index (χ4v) is 5.90. The number of rotatable bonds is 23. The zero-order chi connectivity index (χ0) is 25.2. The molecule has 0 aromatic carbocycles. The van der Waals surface area contributed by atoms with Crippen LogP contribution in [0.2, 0.25) is 0 Å². The standard InChI is InChI=1S/C25H48O7S.2K/c1-3-5-7-9-11-13-15-17-19-22(21-23(26)27)25(24(28)29,33(30,31)32)20-18-16-14-12-10-8-6-4-2;;/h22H,3-21H2,1-2H3,(H,26,27)(H,28,29)(H,30,31,32);;/q;2*+1/p-2. The molecule has 7 nitrogen and oxygen atoms in total. The number of hydrogen-bond donors (Lipinski definition) is 1. The van der Waals surface area contributed by atoms with E-state index in [9.17, 15) is 32.8 Å². The number of carboxylic acid groups (broad SMARTS) is 2. The molecular formula is C25H46K2O7S. The summed E-state index contributed by atoms with van der Waals surface area (Å²) < 4.78 is 32.0. The number of hydrogen-bond acceptors (Lipinski definition) is 6. The van der Waals surface area contributed by atoms with Gasteiger partial charge >= 0.3 is 103 Å². The van der Waals surface area contributed by atoms with Crippen molar-refractivity contribution < 1.29 is 136 Å². The van der Waals surface area contributed by atoms with Crippen LogP contribution < -0.4 is 113 Å². The Hall–Kier alpha value is 2.12. The summed E-state index contributed by atoms with van der Waals surface area (Å²) in [5.41, 5.74) is 0. The maximum atomic E-state index is 12.3. The minimum atomic E-state index is -5.09. The first-order valence-corrected chi connectivity index (χ1v) is 14.5. The van der Waals surface area contributed by atoms with Gasteiger partial charge in [0.2, 0.25) is 0 Å². The molecule has 0 saturated carbocycles. The van der Waals surface area contributed by atoms with Gasteiger partial charge in [0.15, 0.2) is 0 Å². The third-order valence-corrected chi connectivity index (χ3v) is 8.31. The van der Waals surface area contributed by atoms with Gasteiger partial charge in [-0.25, -0.2) is 0 Å². The molecule has 0 rings (SSSR count). The molecule has 1 N–H and O–H groups in total. The zero-order valence-corrected chi connectivity index (χ0v) is 29.9. The molecule has 0 aliphatic rings. The van der Waals surface area contributed by atoms with Gasteiger partial charge in [-0.15, -0.1) is 0 Å². The van der Waals surface area contributed by atoms with Crippen molar-refractivity contribution in [3.05, 3.63) is 0 Å². The van der Waals surface area contributed by atoms with Gasteiger partial charge in [-0.05, 0) is 25.2 Å². The number of carboxylic acids is 2. The van der Waals surface area contributed by atoms with Crippen LogP contribution in [0.15, 0.2) is 0 Å². The van der Waals surface area contributed by atoms with Crippen LogP contribution in [0.5, 0.6) is 0 Å². The van der Waals surface area contributed by atoms with Gasteiger partial charge in [0.25, 0.3) is 10.1 Å². The predicted molar refractivity (Wildman–Crippen MR) is 127 cm³/mol. The molecule has 0 aliphatic carbocycles. The average molecular weight is 569 g/mol. The van der Waals surface area contributed by atoms with Gasteiger partial charge in [0.1, 0.15) is 4.75 Å². The minimum absolute atomic E-state index is 0. The summed E-state index contributed by atoms with van der Waals surface area (Å²) in [6, 6.07) is 0. The van der Waals surface area contributed by atoms with Crippen LogP contribution in [-0.4, -0.2) is 29.7 Å². The van der Waals surface area contributed by atoms with E-state index in [-0.39, 0.29) is 122 Å². The van der Waals surface area contributed by atoms with Crippen molar-refractivity contribution in [1.29, 1.82) is 0 Å². The molecule has 196 valence electrons. The molecule has 0 heterocycles. The van der Waals surface area contributed by atoms with Crippen LogP contribution in [0.3, 0.4) is 0 Å². The van der Waals surface area contributed by atoms with Gasteiger partial charge in [-0.2, -0.15) is 8.42 Å². The number of carbonyl (C=O) groups excluding carboxylic acids is 2. The van der Waals surface area contributed by atoms with Crippen molar-refractivity contribution in [2.45, 2.75) is 141 Å². The molecule has 0 aromatic heterocycles. The van der Waals surface area contributed by atoms with Crippen molar-refractivity contribution in [3.8, 4) is 0 Å². The third kappa shape index (κ3) is 18.2. The molecule has 0 spiro atoms. The molecule has 0 saturated heterocycles. The summed E-state index contributed by atoms with van der Waals surface area (Å²) in [4.78, 5) is 23.4. The topological polar surface area (TPSA) is 135 Å². The smallest absolute Gasteiger partial charge is 0.550 e. The molecule has 2 unspecified atom stereocenters. The first-order valence-electron chi connectivity index (χ1n) is 13.0. The van der Waals surface area contributed by atoms with Gasteiger partial charge in [0.05, 0.1) is 5.97 Å². The van der Waals surface area contributed by atoms with Gasteiger partial charge in [0, 0.05) is 5.97 Å². The predicted octanol–water partition coefficient (Wildman–Crippen LogP) is -1.81. The van der Waals surface area contributed by atoms with E-state index >= 15 is 0 Å². The third-order valence-electron chi connectivity index (χ3n) is 6.69. The summed E-state index contributed by atoms with van der Waals surface area (Å²) in [7, 11) is -5.09. The molecule has 0 bridgehead atoms. The minimum Gasteiger partial charge on any atom is -0.550 e. The van der Waals surface area contributed by atoms with Crippen molar-refractivity contribution in [3.63, 3.8) is 0 Å². The molecular weight excluding hydrogens is 523 g/mol. The molecule has 35 heavy (non-hydrogen) atoms. The Balaban J connectivity index is -0.00000512. The molecule has 10 heteroatoms. The first-order chi connectivity index (χ1) is 15.6. The maximum absolute atomic E-state index is 12.3. The first kappa shape index (κ1) is 41.6. The van der Waals surface area contributed by atoms with Gasteiger partial charge in [-0.3, -0.25) is 4.55 Å². The fourth-order valence-electron chi connectivity index (χ4n) is 4.67. The average Bonchev–Trinajstić information content (AvgIpc) is 2.72. The van der Waals surface area contributed by atoms with Crippen molar-refractivity contribution in [1.82, 2.24) is 0 Å². The molecule has 0 amide bonds. The van der Waals surface area contributed by atoms with Crippen LogP contribution in [0.1, 0.15) is 136 Å². The number of unbranched alkanes of at least 4 members (excludes halogenated alkanes) is 14. The molecule has 2 atom stereocenters. The summed E-state index contributed by atoms with van der Waals surface area (Å²) in [5, 5.41) is 23.4. The molecule has 0 aliphatic heterocycles. The Morgan fingerprint density at radius 3 is 1.43 bits per heavy atom. The molecule has 0 radical (unpaired) electrons. The quantitative estimate of drug-likeness (QED) is 0.0872. The summed E-state index contributed by atoms with van der Waals surface area (Å²) in [6.07, 6.45) is 14.0. The fraction of sp³-hybridized carbons (Fsp3) is 0.920. The van der Waals surface area contributed by atoms with Crippen LogP contribution in [0.4, 0.5) is 0 Å². The van der Waals surface area contributed by atoms with Gasteiger partial charge in [-0.1, -0.05) is 117 Å². The number of carbonyl (C=O) groups is 2. The van der Waals surface area contributed by atoms with E-state index in [4.69, 9.17) is 0 Å². The summed E-state index contributed by atoms with van der Waals surface area (Å²) >= 11 is 0. The van der Waals surface area contributed by atoms with Crippen LogP contribution in [-0.2, 0) is 19.7 Å². The van der Waals surface area contributed by atoms with Crippen LogP contribution in [0, 0.1) is 5.92 Å². The number of aliphatic carboxylic acids is 2. The Kier molecular flexibility index (Phi) is 29.9.